The zero-order chi connectivity index (χ0) is 12.3. The molecule has 0 saturated carbocycles. The number of ether oxygens (including phenoxy) is 1. The minimum absolute atomic E-state index is 0.0827. The Kier molecular flexibility index (Phi) is 3.49. The molecule has 0 heterocycles. The summed E-state index contributed by atoms with van der Waals surface area (Å²) in [6, 6.07) is 4.68. The number of rotatable bonds is 4. The first-order valence-corrected chi connectivity index (χ1v) is 4.93. The van der Waals surface area contributed by atoms with Gasteiger partial charge in [0, 0.05) is 17.2 Å². The molecule has 0 bridgehead atoms. The molecule has 1 rings (SSSR count). The molecule has 0 aliphatic carbocycles. The quantitative estimate of drug-likeness (QED) is 0.625. The van der Waals surface area contributed by atoms with Crippen LogP contribution in [0.4, 0.5) is 5.69 Å². The van der Waals surface area contributed by atoms with Crippen LogP contribution < -0.4 is 10.5 Å². The number of methoxy groups -OCH3 is 1. The van der Waals surface area contributed by atoms with Gasteiger partial charge in [0.15, 0.2) is 0 Å². The molecule has 0 aliphatic rings. The van der Waals surface area contributed by atoms with Crippen LogP contribution in [0.2, 0.25) is 0 Å². The topological polar surface area (TPSA) is 78.4 Å². The van der Waals surface area contributed by atoms with Crippen LogP contribution in [-0.2, 0) is 6.42 Å². The van der Waals surface area contributed by atoms with Gasteiger partial charge in [-0.25, -0.2) is 0 Å². The molecular weight excluding hydrogens is 208 g/mol. The molecule has 5 heteroatoms. The fraction of sp³-hybridized carbons (Fsp3) is 0.455. The van der Waals surface area contributed by atoms with E-state index >= 15 is 0 Å². The van der Waals surface area contributed by atoms with Gasteiger partial charge in [0.05, 0.1) is 12.0 Å². The molecule has 0 saturated heterocycles. The number of hydrogen-bond acceptors (Lipinski definition) is 4. The number of nitro benzene ring substituents is 1. The van der Waals surface area contributed by atoms with Crippen LogP contribution in [-0.4, -0.2) is 17.6 Å². The van der Waals surface area contributed by atoms with Crippen molar-refractivity contribution in [1.82, 2.24) is 0 Å². The lowest BCUT2D eigenvalue weighted by molar-refractivity contribution is -0.385. The zero-order valence-corrected chi connectivity index (χ0v) is 9.69. The average Bonchev–Trinajstić information content (AvgIpc) is 2.14. The van der Waals surface area contributed by atoms with E-state index in [2.05, 4.69) is 0 Å². The summed E-state index contributed by atoms with van der Waals surface area (Å²) in [5.74, 6) is 0.602. The van der Waals surface area contributed by atoms with Gasteiger partial charge in [0.2, 0.25) is 0 Å². The molecular formula is C11H16N2O3. The molecule has 5 nitrogen and oxygen atoms in total. The molecule has 1 aromatic rings. The third-order valence-electron chi connectivity index (χ3n) is 2.13. The normalized spacial score (nSPS) is 11.2. The summed E-state index contributed by atoms with van der Waals surface area (Å²) in [5.41, 5.74) is 6.05. The van der Waals surface area contributed by atoms with E-state index in [1.807, 2.05) is 13.8 Å². The van der Waals surface area contributed by atoms with E-state index in [9.17, 15) is 10.1 Å². The van der Waals surface area contributed by atoms with Crippen molar-refractivity contribution in [3.05, 3.63) is 33.9 Å². The molecule has 88 valence electrons. The Morgan fingerprint density at radius 1 is 1.50 bits per heavy atom. The molecule has 0 unspecified atom stereocenters. The molecule has 0 atom stereocenters. The van der Waals surface area contributed by atoms with Crippen molar-refractivity contribution in [2.75, 3.05) is 7.11 Å². The van der Waals surface area contributed by atoms with Gasteiger partial charge in [0.25, 0.3) is 5.69 Å². The van der Waals surface area contributed by atoms with Crippen molar-refractivity contribution in [3.63, 3.8) is 0 Å². The third kappa shape index (κ3) is 3.20. The SMILES string of the molecule is COc1ccc([N+](=O)[O-])c(CC(C)(C)N)c1. The Balaban J connectivity index is 3.15. The second kappa shape index (κ2) is 4.49. The summed E-state index contributed by atoms with van der Waals surface area (Å²) in [4.78, 5) is 10.4. The van der Waals surface area contributed by atoms with E-state index in [4.69, 9.17) is 10.5 Å². The molecule has 0 amide bonds. The van der Waals surface area contributed by atoms with Gasteiger partial charge in [-0.2, -0.15) is 0 Å². The summed E-state index contributed by atoms with van der Waals surface area (Å²) in [7, 11) is 1.53. The predicted octanol–water partition coefficient (Wildman–Crippen LogP) is 1.88. The van der Waals surface area contributed by atoms with Crippen molar-refractivity contribution in [2.24, 2.45) is 5.73 Å². The number of nitrogens with zero attached hydrogens (tertiary/aromatic N) is 1. The lowest BCUT2D eigenvalue weighted by Gasteiger charge is -2.18. The third-order valence-corrected chi connectivity index (χ3v) is 2.13. The number of nitrogens with two attached hydrogens (primary N) is 1. The predicted molar refractivity (Wildman–Crippen MR) is 61.6 cm³/mol. The number of benzene rings is 1. The highest BCUT2D eigenvalue weighted by atomic mass is 16.6. The summed E-state index contributed by atoms with van der Waals surface area (Å²) in [6.45, 7) is 3.66. The van der Waals surface area contributed by atoms with Crippen molar-refractivity contribution in [1.29, 1.82) is 0 Å². The Bertz CT molecular complexity index is 397. The van der Waals surface area contributed by atoms with Crippen LogP contribution in [0, 0.1) is 10.1 Å². The summed E-state index contributed by atoms with van der Waals surface area (Å²) in [6.07, 6.45) is 0.431. The molecule has 2 N–H and O–H groups in total. The lowest BCUT2D eigenvalue weighted by atomic mass is 9.95. The smallest absolute Gasteiger partial charge is 0.272 e. The Hall–Kier alpha value is -1.62. The van der Waals surface area contributed by atoms with Crippen LogP contribution >= 0.6 is 0 Å². The standard InChI is InChI=1S/C11H16N2O3/c1-11(2,12)7-8-6-9(16-3)4-5-10(8)13(14)15/h4-6H,7,12H2,1-3H3. The maximum atomic E-state index is 10.8. The van der Waals surface area contributed by atoms with E-state index in [-0.39, 0.29) is 5.69 Å². The second-order valence-electron chi connectivity index (χ2n) is 4.42. The first-order chi connectivity index (χ1) is 7.33. The van der Waals surface area contributed by atoms with Crippen LogP contribution in [0.3, 0.4) is 0 Å². The van der Waals surface area contributed by atoms with Crippen molar-refractivity contribution < 1.29 is 9.66 Å². The molecule has 1 aromatic carbocycles. The minimum atomic E-state index is -0.489. The van der Waals surface area contributed by atoms with Gasteiger partial charge in [-0.1, -0.05) is 0 Å². The maximum Gasteiger partial charge on any atom is 0.272 e. The van der Waals surface area contributed by atoms with E-state index in [0.29, 0.717) is 17.7 Å². The maximum absolute atomic E-state index is 10.8. The molecule has 16 heavy (non-hydrogen) atoms. The van der Waals surface area contributed by atoms with Gasteiger partial charge in [-0.3, -0.25) is 10.1 Å². The zero-order valence-electron chi connectivity index (χ0n) is 9.69. The molecule has 0 aromatic heterocycles. The Morgan fingerprint density at radius 2 is 2.12 bits per heavy atom. The first-order valence-electron chi connectivity index (χ1n) is 4.93. The molecule has 0 spiro atoms. The van der Waals surface area contributed by atoms with Gasteiger partial charge >= 0.3 is 0 Å². The Morgan fingerprint density at radius 3 is 2.56 bits per heavy atom. The minimum Gasteiger partial charge on any atom is -0.497 e. The van der Waals surface area contributed by atoms with Crippen molar-refractivity contribution in [2.45, 2.75) is 25.8 Å². The van der Waals surface area contributed by atoms with Gasteiger partial charge in [-0.15, -0.1) is 0 Å². The van der Waals surface area contributed by atoms with E-state index < -0.39 is 10.5 Å². The monoisotopic (exact) mass is 224 g/mol. The van der Waals surface area contributed by atoms with Crippen LogP contribution in [0.15, 0.2) is 18.2 Å². The van der Waals surface area contributed by atoms with E-state index in [1.54, 1.807) is 12.1 Å². The molecule has 0 fully saturated rings. The molecule has 0 aliphatic heterocycles. The van der Waals surface area contributed by atoms with Gasteiger partial charge in [-0.05, 0) is 32.4 Å². The largest absolute Gasteiger partial charge is 0.497 e. The van der Waals surface area contributed by atoms with Crippen molar-refractivity contribution in [3.8, 4) is 5.75 Å². The number of nitro groups is 1. The lowest BCUT2D eigenvalue weighted by Crippen LogP contribution is -2.34. The highest BCUT2D eigenvalue weighted by Gasteiger charge is 2.20. The summed E-state index contributed by atoms with van der Waals surface area (Å²) < 4.78 is 5.04. The number of hydrogen-bond donors (Lipinski definition) is 1. The summed E-state index contributed by atoms with van der Waals surface area (Å²) in [5, 5.41) is 10.8. The highest BCUT2D eigenvalue weighted by Crippen LogP contribution is 2.26. The van der Waals surface area contributed by atoms with Crippen LogP contribution in [0.25, 0.3) is 0 Å². The van der Waals surface area contributed by atoms with Crippen LogP contribution in [0.5, 0.6) is 5.75 Å². The van der Waals surface area contributed by atoms with E-state index in [1.165, 1.54) is 13.2 Å². The van der Waals surface area contributed by atoms with Crippen molar-refractivity contribution >= 4 is 5.69 Å². The fourth-order valence-electron chi connectivity index (χ4n) is 1.50. The fourth-order valence-corrected chi connectivity index (χ4v) is 1.50. The average molecular weight is 224 g/mol. The molecule has 0 radical (unpaired) electrons. The first kappa shape index (κ1) is 12.4. The Labute approximate surface area is 94.4 Å². The van der Waals surface area contributed by atoms with Gasteiger partial charge < -0.3 is 10.5 Å². The van der Waals surface area contributed by atoms with E-state index in [0.717, 1.165) is 0 Å². The summed E-state index contributed by atoms with van der Waals surface area (Å²) >= 11 is 0. The second-order valence-corrected chi connectivity index (χ2v) is 4.42. The van der Waals surface area contributed by atoms with Gasteiger partial charge in [0.1, 0.15) is 5.75 Å². The van der Waals surface area contributed by atoms with Crippen LogP contribution in [0.1, 0.15) is 19.4 Å². The highest BCUT2D eigenvalue weighted by molar-refractivity contribution is 5.46.